The molecule has 0 aromatic carbocycles. The van der Waals surface area contributed by atoms with E-state index >= 15 is 0 Å². The highest BCUT2D eigenvalue weighted by atomic mass is 32.2. The van der Waals surface area contributed by atoms with Gasteiger partial charge in [0.25, 0.3) is 0 Å². The predicted molar refractivity (Wildman–Crippen MR) is 127 cm³/mol. The molecule has 32 heavy (non-hydrogen) atoms. The molecule has 9 heteroatoms. The largest absolute Gasteiger partial charge is 0.342 e. The molecule has 2 atom stereocenters. The first-order valence-electron chi connectivity index (χ1n) is 12.3. The lowest BCUT2D eigenvalue weighted by atomic mass is 9.83. The van der Waals surface area contributed by atoms with Gasteiger partial charge in [-0.15, -0.1) is 0 Å². The minimum absolute atomic E-state index is 0.0258. The second-order valence-electron chi connectivity index (χ2n) is 9.57. The van der Waals surface area contributed by atoms with Gasteiger partial charge in [0.05, 0.1) is 17.6 Å². The molecule has 0 spiro atoms. The second-order valence-corrected chi connectivity index (χ2v) is 11.8. The van der Waals surface area contributed by atoms with Crippen LogP contribution >= 0.6 is 0 Å². The van der Waals surface area contributed by atoms with E-state index in [4.69, 9.17) is 0 Å². The number of nitrogens with zero attached hydrogens (tertiary/aromatic N) is 2. The maximum atomic E-state index is 13.3. The van der Waals surface area contributed by atoms with Crippen molar-refractivity contribution in [3.05, 3.63) is 0 Å². The number of unbranched alkanes of at least 4 members (excludes halogenated alkanes) is 5. The summed E-state index contributed by atoms with van der Waals surface area (Å²) >= 11 is 0. The van der Waals surface area contributed by atoms with Crippen LogP contribution in [0.25, 0.3) is 0 Å². The summed E-state index contributed by atoms with van der Waals surface area (Å²) in [6.45, 7) is 7.29. The Morgan fingerprint density at radius 1 is 1.00 bits per heavy atom. The van der Waals surface area contributed by atoms with E-state index in [1.165, 1.54) is 11.4 Å². The third-order valence-corrected chi connectivity index (χ3v) is 8.23. The highest BCUT2D eigenvalue weighted by Gasteiger charge is 2.39. The molecule has 2 amide bonds. The van der Waals surface area contributed by atoms with E-state index in [0.717, 1.165) is 51.4 Å². The predicted octanol–water partition coefficient (Wildman–Crippen LogP) is 3.40. The summed E-state index contributed by atoms with van der Waals surface area (Å²) in [5, 5.41) is 9.35. The summed E-state index contributed by atoms with van der Waals surface area (Å²) in [5.74, 6) is -2.27. The number of piperidine rings is 1. The zero-order valence-electron chi connectivity index (χ0n) is 20.5. The van der Waals surface area contributed by atoms with Crippen LogP contribution < -0.4 is 5.48 Å². The zero-order valence-corrected chi connectivity index (χ0v) is 21.3. The topological polar surface area (TPSA) is 107 Å². The first-order chi connectivity index (χ1) is 15.1. The Kier molecular flexibility index (Phi) is 13.4. The van der Waals surface area contributed by atoms with Gasteiger partial charge in [0.1, 0.15) is 0 Å². The summed E-state index contributed by atoms with van der Waals surface area (Å²) in [7, 11) is -2.10. The highest BCUT2D eigenvalue weighted by molar-refractivity contribution is 7.89. The molecule has 2 N–H and O–H groups in total. The number of likely N-dealkylation sites (tertiary alicyclic amines) is 1. The summed E-state index contributed by atoms with van der Waals surface area (Å²) in [6, 6.07) is 0. The Hall–Kier alpha value is -1.19. The number of carbonyl (C=O) groups excluding carboxylic acids is 2. The first-order valence-corrected chi connectivity index (χ1v) is 13.9. The Morgan fingerprint density at radius 3 is 2.16 bits per heavy atom. The van der Waals surface area contributed by atoms with Gasteiger partial charge < -0.3 is 4.90 Å². The maximum absolute atomic E-state index is 13.3. The molecule has 0 aliphatic carbocycles. The van der Waals surface area contributed by atoms with Crippen LogP contribution in [-0.2, 0) is 19.6 Å². The fourth-order valence-electron chi connectivity index (χ4n) is 4.38. The molecular formula is C23H45N3O5S. The molecule has 1 aliphatic rings. The van der Waals surface area contributed by atoms with E-state index in [0.29, 0.717) is 25.9 Å². The molecule has 0 unspecified atom stereocenters. The quantitative estimate of drug-likeness (QED) is 0.214. The summed E-state index contributed by atoms with van der Waals surface area (Å²) in [5.41, 5.74) is 1.67. The number of sulfonamides is 1. The summed E-state index contributed by atoms with van der Waals surface area (Å²) < 4.78 is 26.8. The van der Waals surface area contributed by atoms with Crippen LogP contribution in [0.1, 0.15) is 85.0 Å². The van der Waals surface area contributed by atoms with Crippen molar-refractivity contribution in [2.45, 2.75) is 85.0 Å². The van der Waals surface area contributed by atoms with E-state index < -0.39 is 27.8 Å². The molecular weight excluding hydrogens is 430 g/mol. The SMILES string of the molecule is CCCCCCCCS(=O)(=O)N(C)C[C@H](C(=O)NO)[C@@H](CC(C)C)C(=O)N1CCCCC1. The zero-order chi connectivity index (χ0) is 24.1. The Labute approximate surface area is 195 Å². The Bertz CT molecular complexity index is 663. The number of carbonyl (C=O) groups is 2. The van der Waals surface area contributed by atoms with Crippen LogP contribution in [0.3, 0.4) is 0 Å². The number of amides is 2. The first kappa shape index (κ1) is 28.8. The molecule has 0 saturated carbocycles. The van der Waals surface area contributed by atoms with Crippen LogP contribution in [0.15, 0.2) is 0 Å². The lowest BCUT2D eigenvalue weighted by Crippen LogP contribution is -2.49. The molecule has 0 radical (unpaired) electrons. The van der Waals surface area contributed by atoms with Gasteiger partial charge in [-0.3, -0.25) is 14.8 Å². The van der Waals surface area contributed by atoms with E-state index in [9.17, 15) is 23.2 Å². The van der Waals surface area contributed by atoms with Crippen molar-refractivity contribution in [1.82, 2.24) is 14.7 Å². The lowest BCUT2D eigenvalue weighted by molar-refractivity contribution is -0.146. The van der Waals surface area contributed by atoms with Gasteiger partial charge in [0.15, 0.2) is 0 Å². The van der Waals surface area contributed by atoms with Crippen molar-refractivity contribution in [1.29, 1.82) is 0 Å². The van der Waals surface area contributed by atoms with Gasteiger partial charge in [-0.25, -0.2) is 18.2 Å². The monoisotopic (exact) mass is 475 g/mol. The van der Waals surface area contributed by atoms with Crippen molar-refractivity contribution in [3.8, 4) is 0 Å². The number of nitrogens with one attached hydrogen (secondary N) is 1. The fraction of sp³-hybridized carbons (Fsp3) is 0.913. The summed E-state index contributed by atoms with van der Waals surface area (Å²) in [6.07, 6.45) is 9.27. The molecule has 1 saturated heterocycles. The normalized spacial score (nSPS) is 16.9. The number of rotatable bonds is 15. The van der Waals surface area contributed by atoms with Gasteiger partial charge in [0, 0.05) is 26.7 Å². The summed E-state index contributed by atoms with van der Waals surface area (Å²) in [4.78, 5) is 27.7. The van der Waals surface area contributed by atoms with Crippen LogP contribution in [0.2, 0.25) is 0 Å². The van der Waals surface area contributed by atoms with Crippen LogP contribution in [0, 0.1) is 17.8 Å². The standard InChI is InChI=1S/C23H45N3O5S/c1-5-6-7-8-9-13-16-32(30,31)25(4)18-21(22(27)24-29)20(17-19(2)3)23(28)26-14-11-10-12-15-26/h19-21,29H,5-18H2,1-4H3,(H,24,27)/t20-,21+/m1/s1. The van der Waals surface area contributed by atoms with Gasteiger partial charge >= 0.3 is 0 Å². The van der Waals surface area contributed by atoms with E-state index in [1.807, 2.05) is 13.8 Å². The number of hydrogen-bond donors (Lipinski definition) is 2. The third kappa shape index (κ3) is 9.75. The Balaban J connectivity index is 2.90. The minimum Gasteiger partial charge on any atom is -0.342 e. The third-order valence-electron chi connectivity index (χ3n) is 6.33. The van der Waals surface area contributed by atoms with Crippen molar-refractivity contribution >= 4 is 21.8 Å². The Morgan fingerprint density at radius 2 is 1.59 bits per heavy atom. The van der Waals surface area contributed by atoms with Crippen molar-refractivity contribution in [3.63, 3.8) is 0 Å². The highest BCUT2D eigenvalue weighted by Crippen LogP contribution is 2.27. The van der Waals surface area contributed by atoms with E-state index in [2.05, 4.69) is 6.92 Å². The molecule has 1 rings (SSSR count). The maximum Gasteiger partial charge on any atom is 0.248 e. The smallest absolute Gasteiger partial charge is 0.248 e. The average Bonchev–Trinajstić information content (AvgIpc) is 2.77. The molecule has 188 valence electrons. The van der Waals surface area contributed by atoms with Gasteiger partial charge in [-0.2, -0.15) is 0 Å². The van der Waals surface area contributed by atoms with Crippen molar-refractivity contribution < 1.29 is 23.2 Å². The minimum atomic E-state index is -3.56. The van der Waals surface area contributed by atoms with Crippen molar-refractivity contribution in [2.75, 3.05) is 32.4 Å². The van der Waals surface area contributed by atoms with Gasteiger partial charge in [-0.05, 0) is 38.0 Å². The molecule has 1 fully saturated rings. The fourth-order valence-corrected chi connectivity index (χ4v) is 5.65. The second kappa shape index (κ2) is 14.9. The molecule has 0 aromatic rings. The molecule has 0 bridgehead atoms. The number of hydroxylamine groups is 1. The van der Waals surface area contributed by atoms with Crippen LogP contribution in [0.5, 0.6) is 0 Å². The molecule has 1 aliphatic heterocycles. The average molecular weight is 476 g/mol. The van der Waals surface area contributed by atoms with E-state index in [-0.39, 0.29) is 24.1 Å². The molecule has 1 heterocycles. The van der Waals surface area contributed by atoms with Gasteiger partial charge in [-0.1, -0.05) is 52.9 Å². The van der Waals surface area contributed by atoms with Crippen LogP contribution in [0.4, 0.5) is 0 Å². The number of hydrogen-bond acceptors (Lipinski definition) is 5. The van der Waals surface area contributed by atoms with Crippen molar-refractivity contribution in [2.24, 2.45) is 17.8 Å². The van der Waals surface area contributed by atoms with Gasteiger partial charge in [0.2, 0.25) is 21.8 Å². The van der Waals surface area contributed by atoms with Crippen LogP contribution in [-0.4, -0.2) is 67.1 Å². The van der Waals surface area contributed by atoms with E-state index in [1.54, 1.807) is 10.4 Å². The lowest BCUT2D eigenvalue weighted by Gasteiger charge is -2.35. The molecule has 0 aromatic heterocycles. The molecule has 8 nitrogen and oxygen atoms in total.